The lowest BCUT2D eigenvalue weighted by Crippen LogP contribution is -2.43. The summed E-state index contributed by atoms with van der Waals surface area (Å²) in [5.41, 5.74) is 3.14. The van der Waals surface area contributed by atoms with Gasteiger partial charge in [-0.25, -0.2) is 4.79 Å². The molecule has 0 unspecified atom stereocenters. The van der Waals surface area contributed by atoms with Gasteiger partial charge in [0.25, 0.3) is 5.91 Å². The Morgan fingerprint density at radius 2 is 1.83 bits per heavy atom. The molecule has 2 amide bonds. The summed E-state index contributed by atoms with van der Waals surface area (Å²) < 4.78 is 5.45. The highest BCUT2D eigenvalue weighted by Gasteiger charge is 2.34. The minimum atomic E-state index is -0.893. The molecule has 29 heavy (non-hydrogen) atoms. The van der Waals surface area contributed by atoms with E-state index in [0.717, 1.165) is 29.8 Å². The van der Waals surface area contributed by atoms with Gasteiger partial charge in [-0.2, -0.15) is 0 Å². The fourth-order valence-electron chi connectivity index (χ4n) is 4.07. The molecule has 1 saturated heterocycles. The molecule has 150 valence electrons. The third kappa shape index (κ3) is 3.62. The van der Waals surface area contributed by atoms with Crippen LogP contribution in [0.3, 0.4) is 0 Å². The van der Waals surface area contributed by atoms with Gasteiger partial charge in [0.1, 0.15) is 0 Å². The number of ether oxygens (including phenoxy) is 1. The average molecular weight is 392 g/mol. The first kappa shape index (κ1) is 19.2. The van der Waals surface area contributed by atoms with E-state index >= 15 is 0 Å². The molecule has 2 atom stereocenters. The number of carbonyl (C=O) groups is 3. The van der Waals surface area contributed by atoms with Crippen molar-refractivity contribution in [3.63, 3.8) is 0 Å². The SMILES string of the molecule is C[C@H](OC(=O)c1ccc(N2CCCC2=O)cc1)C(=O)N1c2ccccc2C[C@H]1C. The van der Waals surface area contributed by atoms with Crippen LogP contribution in [0.1, 0.15) is 42.6 Å². The number of rotatable bonds is 4. The zero-order chi connectivity index (χ0) is 20.5. The maximum Gasteiger partial charge on any atom is 0.338 e. The summed E-state index contributed by atoms with van der Waals surface area (Å²) in [6.45, 7) is 4.29. The van der Waals surface area contributed by atoms with Crippen LogP contribution in [-0.2, 0) is 20.7 Å². The number of benzene rings is 2. The summed E-state index contributed by atoms with van der Waals surface area (Å²) in [5.74, 6) is -0.681. The minimum absolute atomic E-state index is 0.0262. The number of fused-ring (bicyclic) bond motifs is 1. The highest BCUT2D eigenvalue weighted by atomic mass is 16.5. The summed E-state index contributed by atoms with van der Waals surface area (Å²) in [5, 5.41) is 0. The molecule has 6 heteroatoms. The van der Waals surface area contributed by atoms with E-state index in [1.54, 1.807) is 41.0 Å². The van der Waals surface area contributed by atoms with Crippen molar-refractivity contribution in [3.05, 3.63) is 59.7 Å². The maximum atomic E-state index is 13.0. The van der Waals surface area contributed by atoms with Crippen molar-refractivity contribution < 1.29 is 19.1 Å². The molecule has 2 aromatic rings. The minimum Gasteiger partial charge on any atom is -0.449 e. The Hall–Kier alpha value is -3.15. The van der Waals surface area contributed by atoms with Crippen LogP contribution in [0, 0.1) is 0 Å². The molecule has 0 aromatic heterocycles. The molecule has 4 rings (SSSR count). The number of para-hydroxylation sites is 1. The van der Waals surface area contributed by atoms with Gasteiger partial charge < -0.3 is 14.5 Å². The van der Waals surface area contributed by atoms with E-state index in [1.807, 2.05) is 31.2 Å². The summed E-state index contributed by atoms with van der Waals surface area (Å²) in [7, 11) is 0. The number of anilines is 2. The van der Waals surface area contributed by atoms with Crippen molar-refractivity contribution in [2.75, 3.05) is 16.3 Å². The second-order valence-corrected chi connectivity index (χ2v) is 7.63. The van der Waals surface area contributed by atoms with E-state index in [9.17, 15) is 14.4 Å². The van der Waals surface area contributed by atoms with Gasteiger partial charge in [0.05, 0.1) is 5.56 Å². The predicted octanol–water partition coefficient (Wildman–Crippen LogP) is 3.34. The van der Waals surface area contributed by atoms with Crippen molar-refractivity contribution in [1.82, 2.24) is 0 Å². The monoisotopic (exact) mass is 392 g/mol. The standard InChI is InChI=1S/C23H24N2O4/c1-15-14-18-6-3-4-7-20(18)25(15)22(27)16(2)29-23(28)17-9-11-19(12-10-17)24-13-5-8-21(24)26/h3-4,6-7,9-12,15-16H,5,8,13-14H2,1-2H3/t15-,16+/m1/s1. The highest BCUT2D eigenvalue weighted by Crippen LogP contribution is 2.32. The Bertz CT molecular complexity index is 954. The number of nitrogens with zero attached hydrogens (tertiary/aromatic N) is 2. The van der Waals surface area contributed by atoms with Gasteiger partial charge >= 0.3 is 5.97 Å². The zero-order valence-electron chi connectivity index (χ0n) is 16.6. The van der Waals surface area contributed by atoms with Gasteiger partial charge in [0.2, 0.25) is 5.91 Å². The molecule has 2 aliphatic heterocycles. The zero-order valence-corrected chi connectivity index (χ0v) is 16.6. The first-order valence-electron chi connectivity index (χ1n) is 9.98. The van der Waals surface area contributed by atoms with Crippen LogP contribution in [0.2, 0.25) is 0 Å². The van der Waals surface area contributed by atoms with Crippen LogP contribution < -0.4 is 9.80 Å². The van der Waals surface area contributed by atoms with E-state index in [1.165, 1.54) is 0 Å². The Morgan fingerprint density at radius 3 is 2.52 bits per heavy atom. The van der Waals surface area contributed by atoms with Crippen molar-refractivity contribution in [1.29, 1.82) is 0 Å². The van der Waals surface area contributed by atoms with E-state index < -0.39 is 12.1 Å². The maximum absolute atomic E-state index is 13.0. The first-order chi connectivity index (χ1) is 14.0. The van der Waals surface area contributed by atoms with Gasteiger partial charge in [-0.3, -0.25) is 9.59 Å². The fraction of sp³-hybridized carbons (Fsp3) is 0.348. The predicted molar refractivity (Wildman–Crippen MR) is 110 cm³/mol. The molecule has 2 aliphatic rings. The number of hydrogen-bond acceptors (Lipinski definition) is 4. The van der Waals surface area contributed by atoms with Crippen LogP contribution in [0.25, 0.3) is 0 Å². The Balaban J connectivity index is 1.43. The van der Waals surface area contributed by atoms with Gasteiger partial charge in [0.15, 0.2) is 6.10 Å². The van der Waals surface area contributed by atoms with Crippen LogP contribution in [0.4, 0.5) is 11.4 Å². The van der Waals surface area contributed by atoms with Gasteiger partial charge in [-0.1, -0.05) is 18.2 Å². The first-order valence-corrected chi connectivity index (χ1v) is 9.98. The Morgan fingerprint density at radius 1 is 1.10 bits per heavy atom. The van der Waals surface area contributed by atoms with Gasteiger partial charge in [-0.15, -0.1) is 0 Å². The summed E-state index contributed by atoms with van der Waals surface area (Å²) in [6.07, 6.45) is 1.30. The van der Waals surface area contributed by atoms with E-state index in [-0.39, 0.29) is 17.9 Å². The highest BCUT2D eigenvalue weighted by molar-refractivity contribution is 6.01. The Labute approximate surface area is 170 Å². The van der Waals surface area contributed by atoms with E-state index in [0.29, 0.717) is 18.5 Å². The third-order valence-electron chi connectivity index (χ3n) is 5.56. The third-order valence-corrected chi connectivity index (χ3v) is 5.56. The van der Waals surface area contributed by atoms with E-state index in [2.05, 4.69) is 0 Å². The van der Waals surface area contributed by atoms with Gasteiger partial charge in [-0.05, 0) is 62.6 Å². The number of hydrogen-bond donors (Lipinski definition) is 0. The molecule has 2 aromatic carbocycles. The molecule has 0 aliphatic carbocycles. The van der Waals surface area contributed by atoms with Crippen molar-refractivity contribution >= 4 is 29.2 Å². The summed E-state index contributed by atoms with van der Waals surface area (Å²) in [4.78, 5) is 40.8. The molecular formula is C23H24N2O4. The smallest absolute Gasteiger partial charge is 0.338 e. The molecule has 2 heterocycles. The van der Waals surface area contributed by atoms with Crippen LogP contribution in [0.15, 0.2) is 48.5 Å². The lowest BCUT2D eigenvalue weighted by atomic mass is 10.1. The second-order valence-electron chi connectivity index (χ2n) is 7.63. The normalized spacial score (nSPS) is 19.2. The molecule has 1 fully saturated rings. The molecule has 0 N–H and O–H groups in total. The average Bonchev–Trinajstić information content (AvgIpc) is 3.29. The number of carbonyl (C=O) groups excluding carboxylic acids is 3. The molecule has 0 bridgehead atoms. The summed E-state index contributed by atoms with van der Waals surface area (Å²) in [6, 6.07) is 14.6. The van der Waals surface area contributed by atoms with Crippen LogP contribution >= 0.6 is 0 Å². The quantitative estimate of drug-likeness (QED) is 0.749. The van der Waals surface area contributed by atoms with Crippen molar-refractivity contribution in [3.8, 4) is 0 Å². The Kier molecular flexibility index (Phi) is 5.09. The molecule has 0 saturated carbocycles. The van der Waals surface area contributed by atoms with Crippen LogP contribution in [-0.4, -0.2) is 36.5 Å². The van der Waals surface area contributed by atoms with Crippen molar-refractivity contribution in [2.24, 2.45) is 0 Å². The van der Waals surface area contributed by atoms with Crippen molar-refractivity contribution in [2.45, 2.75) is 45.3 Å². The lowest BCUT2D eigenvalue weighted by molar-refractivity contribution is -0.126. The molecule has 0 spiro atoms. The topological polar surface area (TPSA) is 66.9 Å². The fourth-order valence-corrected chi connectivity index (χ4v) is 4.07. The largest absolute Gasteiger partial charge is 0.449 e. The second kappa shape index (κ2) is 7.70. The lowest BCUT2D eigenvalue weighted by Gasteiger charge is -2.26. The molecule has 0 radical (unpaired) electrons. The van der Waals surface area contributed by atoms with Gasteiger partial charge in [0, 0.05) is 30.4 Å². The van der Waals surface area contributed by atoms with E-state index in [4.69, 9.17) is 4.74 Å². The number of esters is 1. The summed E-state index contributed by atoms with van der Waals surface area (Å²) >= 11 is 0. The molecular weight excluding hydrogens is 368 g/mol. The van der Waals surface area contributed by atoms with Crippen LogP contribution in [0.5, 0.6) is 0 Å². The number of amides is 2. The molecule has 6 nitrogen and oxygen atoms in total.